The van der Waals surface area contributed by atoms with E-state index in [0.29, 0.717) is 5.56 Å². The zero-order valence-electron chi connectivity index (χ0n) is 23.0. The van der Waals surface area contributed by atoms with Gasteiger partial charge in [-0.3, -0.25) is 0 Å². The van der Waals surface area contributed by atoms with Crippen molar-refractivity contribution in [2.24, 2.45) is 7.05 Å². The Morgan fingerprint density at radius 1 is 0.692 bits per heavy atom. The van der Waals surface area contributed by atoms with Crippen LogP contribution in [0.25, 0.3) is 55.4 Å². The van der Waals surface area contributed by atoms with Crippen molar-refractivity contribution in [3.05, 3.63) is 114 Å². The Bertz CT molecular complexity index is 1900. The average molecular weight is 508 g/mol. The molecule has 0 aliphatic heterocycles. The Labute approximate surface area is 229 Å². The first-order valence-electron chi connectivity index (χ1n) is 13.3. The van der Waals surface area contributed by atoms with Gasteiger partial charge in [0.15, 0.2) is 6.20 Å². The molecule has 0 saturated carbocycles. The molecule has 6 aromatic rings. The van der Waals surface area contributed by atoms with E-state index in [9.17, 15) is 5.26 Å². The third kappa shape index (κ3) is 4.19. The lowest BCUT2D eigenvalue weighted by atomic mass is 9.87. The number of rotatable bonds is 3. The normalized spacial score (nSPS) is 11.7. The summed E-state index contributed by atoms with van der Waals surface area (Å²) in [5.74, 6) is 0. The second-order valence-corrected chi connectivity index (χ2v) is 11.3. The summed E-state index contributed by atoms with van der Waals surface area (Å²) < 4.78 is 8.94. The van der Waals surface area contributed by atoms with E-state index in [-0.39, 0.29) is 5.41 Å². The lowest BCUT2D eigenvalue weighted by Crippen LogP contribution is -2.33. The van der Waals surface area contributed by atoms with Gasteiger partial charge in [-0.1, -0.05) is 87.5 Å². The number of fused-ring (bicyclic) bond motifs is 3. The van der Waals surface area contributed by atoms with Crippen molar-refractivity contribution < 1.29 is 8.98 Å². The van der Waals surface area contributed by atoms with Gasteiger partial charge in [-0.25, -0.2) is 4.57 Å². The Balaban J connectivity index is 1.57. The van der Waals surface area contributed by atoms with Gasteiger partial charge in [-0.15, -0.1) is 0 Å². The van der Waals surface area contributed by atoms with E-state index in [1.54, 1.807) is 0 Å². The lowest BCUT2D eigenvalue weighted by Gasteiger charge is -2.17. The Kier molecular flexibility index (Phi) is 5.85. The third-order valence-electron chi connectivity index (χ3n) is 7.67. The highest BCUT2D eigenvalue weighted by molar-refractivity contribution is 6.14. The molecule has 0 aliphatic rings. The lowest BCUT2D eigenvalue weighted by molar-refractivity contribution is -0.661. The molecular formula is C36H31N2O+. The van der Waals surface area contributed by atoms with Gasteiger partial charge < -0.3 is 4.42 Å². The van der Waals surface area contributed by atoms with Gasteiger partial charge in [-0.05, 0) is 52.8 Å². The molecule has 2 heterocycles. The van der Waals surface area contributed by atoms with E-state index in [1.807, 2.05) is 30.3 Å². The maximum absolute atomic E-state index is 10.1. The first-order valence-corrected chi connectivity index (χ1v) is 13.3. The molecule has 4 aromatic carbocycles. The fourth-order valence-corrected chi connectivity index (χ4v) is 5.47. The summed E-state index contributed by atoms with van der Waals surface area (Å²) in [7, 11) is 2.10. The molecular weight excluding hydrogens is 476 g/mol. The number of nitriles is 1. The van der Waals surface area contributed by atoms with Crippen molar-refractivity contribution in [2.75, 3.05) is 0 Å². The van der Waals surface area contributed by atoms with Crippen molar-refractivity contribution in [3.63, 3.8) is 0 Å². The Morgan fingerprint density at radius 3 is 1.95 bits per heavy atom. The highest BCUT2D eigenvalue weighted by Gasteiger charge is 2.25. The van der Waals surface area contributed by atoms with E-state index in [0.717, 1.165) is 61.0 Å². The van der Waals surface area contributed by atoms with Gasteiger partial charge in [0.05, 0.1) is 17.2 Å². The molecule has 2 aromatic heterocycles. The molecule has 0 atom stereocenters. The number of pyridine rings is 1. The van der Waals surface area contributed by atoms with Gasteiger partial charge in [0.25, 0.3) is 0 Å². The second-order valence-electron chi connectivity index (χ2n) is 11.3. The zero-order chi connectivity index (χ0) is 27.3. The summed E-state index contributed by atoms with van der Waals surface area (Å²) in [6.07, 6.45) is 2.21. The smallest absolute Gasteiger partial charge is 0.216 e. The average Bonchev–Trinajstić information content (AvgIpc) is 3.31. The Hall–Kier alpha value is -4.68. The van der Waals surface area contributed by atoms with Crippen LogP contribution >= 0.6 is 0 Å². The van der Waals surface area contributed by atoms with Gasteiger partial charge in [0.1, 0.15) is 18.2 Å². The molecule has 6 rings (SSSR count). The van der Waals surface area contributed by atoms with Crippen LogP contribution in [-0.2, 0) is 12.5 Å². The van der Waals surface area contributed by atoms with Crippen LogP contribution in [0.4, 0.5) is 0 Å². The van der Waals surface area contributed by atoms with Crippen molar-refractivity contribution in [1.29, 1.82) is 5.26 Å². The monoisotopic (exact) mass is 507 g/mol. The van der Waals surface area contributed by atoms with Crippen molar-refractivity contribution in [2.45, 2.75) is 33.1 Å². The topological polar surface area (TPSA) is 40.8 Å². The van der Waals surface area contributed by atoms with Crippen LogP contribution in [0.3, 0.4) is 0 Å². The quantitative estimate of drug-likeness (QED) is 0.224. The summed E-state index contributed by atoms with van der Waals surface area (Å²) in [4.78, 5) is 0. The first-order chi connectivity index (χ1) is 18.8. The fourth-order valence-electron chi connectivity index (χ4n) is 5.47. The fraction of sp³-hybridized carbons (Fsp3) is 0.167. The number of hydrogen-bond acceptors (Lipinski definition) is 2. The van der Waals surface area contributed by atoms with Crippen LogP contribution in [0.15, 0.2) is 102 Å². The SMILES string of the molecule is Cc1ccc2c(oc3c(-c4ccc(-c5ccccc5)cc4)c(C#N)ccc32)c1-c1ccc(C(C)(C)C)c[n+]1C. The number of nitrogens with zero attached hydrogens (tertiary/aromatic N) is 2. The van der Waals surface area contributed by atoms with Crippen molar-refractivity contribution >= 4 is 21.9 Å². The van der Waals surface area contributed by atoms with Gasteiger partial charge in [0.2, 0.25) is 5.69 Å². The highest BCUT2D eigenvalue weighted by atomic mass is 16.3. The van der Waals surface area contributed by atoms with E-state index in [2.05, 4.69) is 112 Å². The number of furan rings is 1. The zero-order valence-corrected chi connectivity index (χ0v) is 23.0. The molecule has 0 unspecified atom stereocenters. The Morgan fingerprint density at radius 2 is 1.31 bits per heavy atom. The molecule has 0 N–H and O–H groups in total. The standard InChI is InChI=1S/C36H31N2O/c1-23-11-18-29-30-19-16-27(21-37)33(26-14-12-25(13-15-26)24-9-7-6-8-10-24)35(30)39-34(29)32(23)31-20-17-28(22-38(31)5)36(2,3)4/h6-20,22H,1-5H3/q+1. The van der Waals surface area contributed by atoms with Crippen LogP contribution in [-0.4, -0.2) is 0 Å². The second kappa shape index (κ2) is 9.26. The van der Waals surface area contributed by atoms with Crippen LogP contribution < -0.4 is 4.57 Å². The summed E-state index contributed by atoms with van der Waals surface area (Å²) in [5.41, 5.74) is 11.0. The van der Waals surface area contributed by atoms with Crippen molar-refractivity contribution in [3.8, 4) is 39.6 Å². The summed E-state index contributed by atoms with van der Waals surface area (Å²) in [6.45, 7) is 8.82. The molecule has 0 aliphatic carbocycles. The molecule has 0 spiro atoms. The molecule has 0 bridgehead atoms. The minimum absolute atomic E-state index is 0.0648. The minimum Gasteiger partial charge on any atom is -0.454 e. The number of aryl methyl sites for hydroxylation is 2. The largest absolute Gasteiger partial charge is 0.454 e. The van der Waals surface area contributed by atoms with Crippen LogP contribution in [0.2, 0.25) is 0 Å². The minimum atomic E-state index is 0.0648. The van der Waals surface area contributed by atoms with Gasteiger partial charge in [-0.2, -0.15) is 5.26 Å². The predicted molar refractivity (Wildman–Crippen MR) is 159 cm³/mol. The number of aromatic nitrogens is 1. The van der Waals surface area contributed by atoms with Crippen LogP contribution in [0, 0.1) is 18.3 Å². The number of benzene rings is 4. The summed E-state index contributed by atoms with van der Waals surface area (Å²) in [5, 5.41) is 12.1. The predicted octanol–water partition coefficient (Wildman–Crippen LogP) is 8.89. The molecule has 3 heteroatoms. The molecule has 0 saturated heterocycles. The maximum atomic E-state index is 10.1. The number of hydrogen-bond donors (Lipinski definition) is 0. The van der Waals surface area contributed by atoms with E-state index >= 15 is 0 Å². The summed E-state index contributed by atoms with van der Waals surface area (Å²) in [6, 6.07) is 33.7. The summed E-state index contributed by atoms with van der Waals surface area (Å²) >= 11 is 0. The third-order valence-corrected chi connectivity index (χ3v) is 7.67. The van der Waals surface area contributed by atoms with Crippen LogP contribution in [0.1, 0.15) is 37.5 Å². The molecule has 3 nitrogen and oxygen atoms in total. The highest BCUT2D eigenvalue weighted by Crippen LogP contribution is 2.42. The van der Waals surface area contributed by atoms with E-state index in [4.69, 9.17) is 4.42 Å². The maximum Gasteiger partial charge on any atom is 0.216 e. The van der Waals surface area contributed by atoms with Gasteiger partial charge in [0, 0.05) is 28.0 Å². The van der Waals surface area contributed by atoms with E-state index in [1.165, 1.54) is 5.56 Å². The molecule has 190 valence electrons. The van der Waals surface area contributed by atoms with E-state index < -0.39 is 0 Å². The molecule has 0 radical (unpaired) electrons. The molecule has 0 fully saturated rings. The molecule has 0 amide bonds. The van der Waals surface area contributed by atoms with Crippen molar-refractivity contribution in [1.82, 2.24) is 0 Å². The molecule has 39 heavy (non-hydrogen) atoms. The first kappa shape index (κ1) is 24.6. The van der Waals surface area contributed by atoms with Gasteiger partial charge >= 0.3 is 0 Å². The van der Waals surface area contributed by atoms with Crippen LogP contribution in [0.5, 0.6) is 0 Å².